The van der Waals surface area contributed by atoms with Gasteiger partial charge in [0.25, 0.3) is 0 Å². The first-order valence-corrected chi connectivity index (χ1v) is 6.02. The lowest BCUT2D eigenvalue weighted by molar-refractivity contribution is -0.124. The third kappa shape index (κ3) is 4.77. The van der Waals surface area contributed by atoms with E-state index in [1.165, 1.54) is 14.2 Å². The van der Waals surface area contributed by atoms with E-state index in [9.17, 15) is 9.59 Å². The molecule has 1 atom stereocenters. The Labute approximate surface area is 117 Å². The van der Waals surface area contributed by atoms with Gasteiger partial charge in [0.1, 0.15) is 11.5 Å². The average molecular weight is 281 g/mol. The van der Waals surface area contributed by atoms with Crippen molar-refractivity contribution >= 4 is 17.5 Å². The normalized spacial score (nSPS) is 11.4. The van der Waals surface area contributed by atoms with Crippen LogP contribution >= 0.6 is 0 Å². The second-order valence-corrected chi connectivity index (χ2v) is 4.16. The molecule has 2 amide bonds. The van der Waals surface area contributed by atoms with Gasteiger partial charge in [-0.3, -0.25) is 9.59 Å². The van der Waals surface area contributed by atoms with E-state index in [1.54, 1.807) is 25.1 Å². The number of carbonyl (C=O) groups excluding carboxylic acids is 2. The molecule has 0 aliphatic heterocycles. The molecule has 0 aliphatic rings. The van der Waals surface area contributed by atoms with Crippen LogP contribution in [0.5, 0.6) is 11.5 Å². The molecule has 1 aromatic rings. The molecular formula is C13H19N3O4. The molecule has 0 fully saturated rings. The number of nitrogens with one attached hydrogen (secondary N) is 2. The van der Waals surface area contributed by atoms with Crippen molar-refractivity contribution in [2.45, 2.75) is 13.0 Å². The number of carbonyl (C=O) groups is 2. The predicted molar refractivity (Wildman–Crippen MR) is 74.8 cm³/mol. The summed E-state index contributed by atoms with van der Waals surface area (Å²) >= 11 is 0. The first kappa shape index (κ1) is 15.8. The third-order valence-electron chi connectivity index (χ3n) is 2.47. The minimum atomic E-state index is -0.653. The molecule has 4 N–H and O–H groups in total. The molecule has 1 aromatic carbocycles. The van der Waals surface area contributed by atoms with Crippen molar-refractivity contribution in [3.63, 3.8) is 0 Å². The summed E-state index contributed by atoms with van der Waals surface area (Å²) < 4.78 is 10.2. The molecule has 7 heteroatoms. The van der Waals surface area contributed by atoms with Crippen molar-refractivity contribution in [1.82, 2.24) is 5.32 Å². The summed E-state index contributed by atoms with van der Waals surface area (Å²) in [7, 11) is 3.03. The number of anilines is 1. The fraction of sp³-hybridized carbons (Fsp3) is 0.385. The molecule has 7 nitrogen and oxygen atoms in total. The number of amides is 2. The fourth-order valence-electron chi connectivity index (χ4n) is 1.41. The van der Waals surface area contributed by atoms with Gasteiger partial charge in [-0.05, 0) is 6.92 Å². The minimum absolute atomic E-state index is 0.153. The van der Waals surface area contributed by atoms with Crippen LogP contribution in [0, 0.1) is 0 Å². The zero-order valence-electron chi connectivity index (χ0n) is 11.7. The topological polar surface area (TPSA) is 103 Å². The van der Waals surface area contributed by atoms with Gasteiger partial charge >= 0.3 is 0 Å². The van der Waals surface area contributed by atoms with E-state index in [2.05, 4.69) is 10.6 Å². The maximum Gasteiger partial charge on any atom is 0.243 e. The lowest BCUT2D eigenvalue weighted by Crippen LogP contribution is -2.41. The van der Waals surface area contributed by atoms with Crippen LogP contribution in [0.15, 0.2) is 18.2 Å². The minimum Gasteiger partial charge on any atom is -0.497 e. The number of benzene rings is 1. The van der Waals surface area contributed by atoms with Crippen LogP contribution in [0.4, 0.5) is 5.69 Å². The Morgan fingerprint density at radius 3 is 2.20 bits per heavy atom. The van der Waals surface area contributed by atoms with Crippen molar-refractivity contribution < 1.29 is 19.1 Å². The van der Waals surface area contributed by atoms with Crippen LogP contribution in [0.1, 0.15) is 6.92 Å². The van der Waals surface area contributed by atoms with Crippen molar-refractivity contribution in [3.8, 4) is 11.5 Å². The van der Waals surface area contributed by atoms with Gasteiger partial charge in [-0.1, -0.05) is 0 Å². The number of hydrogen-bond acceptors (Lipinski definition) is 5. The maximum absolute atomic E-state index is 11.7. The zero-order chi connectivity index (χ0) is 15.1. The highest BCUT2D eigenvalue weighted by Gasteiger charge is 2.10. The molecule has 0 saturated carbocycles. The SMILES string of the molecule is COc1cc(NC(=O)CNC(=O)[C@@H](C)N)cc(OC)c1. The van der Waals surface area contributed by atoms with E-state index in [0.29, 0.717) is 17.2 Å². The Hall–Kier alpha value is -2.28. The number of rotatable bonds is 6. The van der Waals surface area contributed by atoms with Gasteiger partial charge in [0.05, 0.1) is 26.8 Å². The summed E-state index contributed by atoms with van der Waals surface area (Å²) in [6.45, 7) is 1.39. The smallest absolute Gasteiger partial charge is 0.243 e. The van der Waals surface area contributed by atoms with Gasteiger partial charge < -0.3 is 25.8 Å². The van der Waals surface area contributed by atoms with Crippen LogP contribution in [0.25, 0.3) is 0 Å². The molecule has 0 aliphatic carbocycles. The average Bonchev–Trinajstić information content (AvgIpc) is 2.43. The molecule has 0 spiro atoms. The largest absolute Gasteiger partial charge is 0.497 e. The molecule has 0 bridgehead atoms. The number of methoxy groups -OCH3 is 2. The molecule has 110 valence electrons. The van der Waals surface area contributed by atoms with Gasteiger partial charge in [-0.15, -0.1) is 0 Å². The van der Waals surface area contributed by atoms with Crippen molar-refractivity contribution in [2.75, 3.05) is 26.1 Å². The third-order valence-corrected chi connectivity index (χ3v) is 2.47. The fourth-order valence-corrected chi connectivity index (χ4v) is 1.41. The summed E-state index contributed by atoms with van der Waals surface area (Å²) in [5, 5.41) is 5.05. The standard InChI is InChI=1S/C13H19N3O4/c1-8(14)13(18)15-7-12(17)16-9-4-10(19-2)6-11(5-9)20-3/h4-6,8H,7,14H2,1-3H3,(H,15,18)(H,16,17)/t8-/m1/s1. The summed E-state index contributed by atoms with van der Waals surface area (Å²) in [6, 6.07) is 4.33. The van der Waals surface area contributed by atoms with E-state index in [0.717, 1.165) is 0 Å². The van der Waals surface area contributed by atoms with Crippen molar-refractivity contribution in [3.05, 3.63) is 18.2 Å². The highest BCUT2D eigenvalue weighted by Crippen LogP contribution is 2.25. The van der Waals surface area contributed by atoms with Gasteiger partial charge in [0.15, 0.2) is 0 Å². The Morgan fingerprint density at radius 1 is 1.20 bits per heavy atom. The van der Waals surface area contributed by atoms with Crippen molar-refractivity contribution in [2.24, 2.45) is 5.73 Å². The van der Waals surface area contributed by atoms with Crippen LogP contribution in [0.3, 0.4) is 0 Å². The highest BCUT2D eigenvalue weighted by molar-refractivity contribution is 5.95. The van der Waals surface area contributed by atoms with Crippen molar-refractivity contribution in [1.29, 1.82) is 0 Å². The highest BCUT2D eigenvalue weighted by atomic mass is 16.5. The molecular weight excluding hydrogens is 262 g/mol. The molecule has 0 aromatic heterocycles. The Morgan fingerprint density at radius 2 is 1.75 bits per heavy atom. The van der Waals surface area contributed by atoms with Gasteiger partial charge in [-0.2, -0.15) is 0 Å². The molecule has 1 rings (SSSR count). The molecule has 20 heavy (non-hydrogen) atoms. The van der Waals surface area contributed by atoms with Crippen LogP contribution in [0.2, 0.25) is 0 Å². The van der Waals surface area contributed by atoms with E-state index < -0.39 is 6.04 Å². The van der Waals surface area contributed by atoms with Crippen LogP contribution in [-0.2, 0) is 9.59 Å². The summed E-state index contributed by atoms with van der Waals surface area (Å²) in [5.74, 6) is 0.358. The number of ether oxygens (including phenoxy) is 2. The molecule has 0 unspecified atom stereocenters. The zero-order valence-corrected chi connectivity index (χ0v) is 11.7. The van der Waals surface area contributed by atoms with Gasteiger partial charge in [0.2, 0.25) is 11.8 Å². The first-order valence-electron chi connectivity index (χ1n) is 6.02. The van der Waals surface area contributed by atoms with Crippen LogP contribution in [-0.4, -0.2) is 38.6 Å². The maximum atomic E-state index is 11.7. The lowest BCUT2D eigenvalue weighted by atomic mass is 10.2. The van der Waals surface area contributed by atoms with E-state index in [4.69, 9.17) is 15.2 Å². The molecule has 0 heterocycles. The monoisotopic (exact) mass is 281 g/mol. The van der Waals surface area contributed by atoms with Gasteiger partial charge in [-0.25, -0.2) is 0 Å². The second-order valence-electron chi connectivity index (χ2n) is 4.16. The number of nitrogens with two attached hydrogens (primary N) is 1. The Balaban J connectivity index is 2.63. The second kappa shape index (κ2) is 7.34. The first-order chi connectivity index (χ1) is 9.46. The summed E-state index contributed by atoms with van der Waals surface area (Å²) in [4.78, 5) is 22.9. The Bertz CT molecular complexity index is 466. The quantitative estimate of drug-likeness (QED) is 0.686. The van der Waals surface area contributed by atoms with Crippen LogP contribution < -0.4 is 25.8 Å². The lowest BCUT2D eigenvalue weighted by Gasteiger charge is -2.11. The van der Waals surface area contributed by atoms with Gasteiger partial charge in [0, 0.05) is 23.9 Å². The number of hydrogen-bond donors (Lipinski definition) is 3. The molecule has 0 saturated heterocycles. The van der Waals surface area contributed by atoms with E-state index in [-0.39, 0.29) is 18.4 Å². The summed E-state index contributed by atoms with van der Waals surface area (Å²) in [5.41, 5.74) is 5.89. The predicted octanol–water partition coefficient (Wildman–Crippen LogP) is 0.106. The van der Waals surface area contributed by atoms with E-state index in [1.807, 2.05) is 0 Å². The molecule has 0 radical (unpaired) electrons. The summed E-state index contributed by atoms with van der Waals surface area (Å²) in [6.07, 6.45) is 0. The Kier molecular flexibility index (Phi) is 5.79. The van der Waals surface area contributed by atoms with E-state index >= 15 is 0 Å².